The summed E-state index contributed by atoms with van der Waals surface area (Å²) in [5.74, 6) is 0.486. The minimum absolute atomic E-state index is 0. The molecule has 141 valence electrons. The molecule has 0 saturated heterocycles. The second-order valence-corrected chi connectivity index (χ2v) is 6.42. The second-order valence-electron chi connectivity index (χ2n) is 5.14. The fourth-order valence-electron chi connectivity index (χ4n) is 2.26. The summed E-state index contributed by atoms with van der Waals surface area (Å²) in [4.78, 5) is 12.3. The Bertz CT molecular complexity index is 755. The van der Waals surface area contributed by atoms with Crippen LogP contribution in [0.1, 0.15) is 28.4 Å². The Labute approximate surface area is 165 Å². The maximum absolute atomic E-state index is 13.1. The van der Waals surface area contributed by atoms with Crippen LogP contribution < -0.4 is 10.0 Å². The van der Waals surface area contributed by atoms with Crippen LogP contribution in [0.5, 0.6) is 5.75 Å². The van der Waals surface area contributed by atoms with E-state index in [1.54, 1.807) is 6.92 Å². The first-order chi connectivity index (χ1) is 12.0. The van der Waals surface area contributed by atoms with Crippen molar-refractivity contribution in [1.29, 1.82) is 0 Å². The van der Waals surface area contributed by atoms with Crippen LogP contribution in [0.15, 0.2) is 42.5 Å². The van der Waals surface area contributed by atoms with Crippen molar-refractivity contribution in [3.63, 3.8) is 0 Å². The van der Waals surface area contributed by atoms with Gasteiger partial charge in [0.1, 0.15) is 5.75 Å². The first-order valence-electron chi connectivity index (χ1n) is 7.35. The van der Waals surface area contributed by atoms with E-state index in [-0.39, 0.29) is 18.9 Å². The summed E-state index contributed by atoms with van der Waals surface area (Å²) < 4.78 is 83.9. The SMILES string of the molecule is CCOc1ccc(PC(=O)c2c(C(F)(F)F)cccc2C(F)(F)F)cc1.[Li]. The molecule has 10 heteroatoms. The summed E-state index contributed by atoms with van der Waals surface area (Å²) in [6, 6.07) is 7.47. The minimum atomic E-state index is -5.07. The van der Waals surface area contributed by atoms with Crippen molar-refractivity contribution >= 4 is 38.3 Å². The van der Waals surface area contributed by atoms with Gasteiger partial charge in [-0.15, -0.1) is 0 Å². The maximum Gasteiger partial charge on any atom is 0.417 e. The van der Waals surface area contributed by atoms with E-state index in [0.717, 1.165) is 0 Å². The van der Waals surface area contributed by atoms with Gasteiger partial charge >= 0.3 is 12.4 Å². The van der Waals surface area contributed by atoms with Crippen LogP contribution in [0.2, 0.25) is 0 Å². The Balaban J connectivity index is 0.00000364. The van der Waals surface area contributed by atoms with Crippen molar-refractivity contribution in [2.24, 2.45) is 0 Å². The zero-order valence-corrected chi connectivity index (χ0v) is 15.3. The van der Waals surface area contributed by atoms with Gasteiger partial charge in [0.25, 0.3) is 0 Å². The normalized spacial score (nSPS) is 12.1. The summed E-state index contributed by atoms with van der Waals surface area (Å²) >= 11 is 0. The van der Waals surface area contributed by atoms with Gasteiger partial charge in [-0.05, 0) is 45.1 Å². The van der Waals surface area contributed by atoms with E-state index >= 15 is 0 Å². The smallest absolute Gasteiger partial charge is 0.417 e. The Hall–Kier alpha value is -1.48. The molecule has 2 nitrogen and oxygen atoms in total. The monoisotopic (exact) mass is 401 g/mol. The number of carbonyl (C=O) groups excluding carboxylic acids is 1. The van der Waals surface area contributed by atoms with E-state index in [4.69, 9.17) is 4.74 Å². The summed E-state index contributed by atoms with van der Waals surface area (Å²) in [5.41, 5.74) is -5.75. The first-order valence-corrected chi connectivity index (χ1v) is 8.35. The first kappa shape index (κ1) is 23.6. The number of hydrogen-bond donors (Lipinski definition) is 0. The van der Waals surface area contributed by atoms with Gasteiger partial charge in [0.2, 0.25) is 0 Å². The van der Waals surface area contributed by atoms with Crippen LogP contribution >= 0.6 is 8.58 Å². The average Bonchev–Trinajstić information content (AvgIpc) is 2.54. The molecule has 0 spiro atoms. The van der Waals surface area contributed by atoms with Gasteiger partial charge in [-0.3, -0.25) is 4.79 Å². The van der Waals surface area contributed by atoms with E-state index in [2.05, 4.69) is 0 Å². The molecule has 2 rings (SSSR count). The third-order valence-electron chi connectivity index (χ3n) is 3.33. The molecule has 0 aliphatic heterocycles. The molecule has 0 aliphatic rings. The van der Waals surface area contributed by atoms with Crippen LogP contribution in [-0.2, 0) is 12.4 Å². The second kappa shape index (κ2) is 9.14. The van der Waals surface area contributed by atoms with Gasteiger partial charge in [0.15, 0.2) is 5.52 Å². The van der Waals surface area contributed by atoms with Crippen molar-refractivity contribution in [3.05, 3.63) is 59.2 Å². The van der Waals surface area contributed by atoms with Crippen LogP contribution in [-0.4, -0.2) is 31.0 Å². The molecule has 27 heavy (non-hydrogen) atoms. The number of ether oxygens (including phenoxy) is 1. The van der Waals surface area contributed by atoms with Crippen molar-refractivity contribution < 1.29 is 35.9 Å². The molecule has 0 fully saturated rings. The van der Waals surface area contributed by atoms with Crippen LogP contribution in [0.4, 0.5) is 26.3 Å². The van der Waals surface area contributed by atoms with Gasteiger partial charge in [0, 0.05) is 24.4 Å². The zero-order chi connectivity index (χ0) is 19.5. The number of carbonyl (C=O) groups is 1. The minimum Gasteiger partial charge on any atom is -0.494 e. The molecule has 1 atom stereocenters. The van der Waals surface area contributed by atoms with E-state index < -0.39 is 43.1 Å². The Morgan fingerprint density at radius 2 is 1.41 bits per heavy atom. The van der Waals surface area contributed by atoms with Gasteiger partial charge in [0.05, 0.1) is 17.7 Å². The van der Waals surface area contributed by atoms with Gasteiger partial charge in [-0.1, -0.05) is 18.2 Å². The molecule has 0 aromatic heterocycles. The molecule has 0 aliphatic carbocycles. The fraction of sp³-hybridized carbons (Fsp3) is 0.235. The van der Waals surface area contributed by atoms with Gasteiger partial charge in [-0.25, -0.2) is 0 Å². The van der Waals surface area contributed by atoms with Crippen molar-refractivity contribution in [1.82, 2.24) is 0 Å². The van der Waals surface area contributed by atoms with Crippen molar-refractivity contribution in [2.45, 2.75) is 19.3 Å². The number of benzene rings is 2. The van der Waals surface area contributed by atoms with Crippen LogP contribution in [0.25, 0.3) is 0 Å². The third kappa shape index (κ3) is 6.00. The summed E-state index contributed by atoms with van der Waals surface area (Å²) in [7, 11) is -0.889. The van der Waals surface area contributed by atoms with Crippen molar-refractivity contribution in [2.75, 3.05) is 6.61 Å². The number of halogens is 6. The number of hydrogen-bond acceptors (Lipinski definition) is 2. The third-order valence-corrected chi connectivity index (χ3v) is 4.42. The molecular formula is C17H13F6LiO2P. The molecule has 1 radical (unpaired) electrons. The molecule has 0 saturated carbocycles. The largest absolute Gasteiger partial charge is 0.494 e. The van der Waals surface area contributed by atoms with Crippen molar-refractivity contribution in [3.8, 4) is 5.75 Å². The summed E-state index contributed by atoms with van der Waals surface area (Å²) in [6.45, 7) is 2.15. The Kier molecular flexibility index (Phi) is 7.97. The van der Waals surface area contributed by atoms with E-state index in [9.17, 15) is 31.1 Å². The number of rotatable bonds is 5. The fourth-order valence-corrected chi connectivity index (χ4v) is 3.25. The molecule has 1 unspecified atom stereocenters. The molecule has 0 N–H and O–H groups in total. The molecule has 2 aromatic rings. The topological polar surface area (TPSA) is 26.3 Å². The maximum atomic E-state index is 13.1. The molecule has 0 bridgehead atoms. The molecular weight excluding hydrogens is 388 g/mol. The van der Waals surface area contributed by atoms with E-state index in [0.29, 0.717) is 35.9 Å². The predicted molar refractivity (Wildman–Crippen MR) is 92.1 cm³/mol. The van der Waals surface area contributed by atoms with E-state index in [1.165, 1.54) is 24.3 Å². The molecule has 0 heterocycles. The predicted octanol–water partition coefficient (Wildman–Crippen LogP) is 4.89. The van der Waals surface area contributed by atoms with Crippen LogP contribution in [0, 0.1) is 0 Å². The Morgan fingerprint density at radius 1 is 0.926 bits per heavy atom. The van der Waals surface area contributed by atoms with E-state index in [1.807, 2.05) is 0 Å². The zero-order valence-electron chi connectivity index (χ0n) is 14.3. The number of alkyl halides is 6. The van der Waals surface area contributed by atoms with Crippen LogP contribution in [0.3, 0.4) is 0 Å². The van der Waals surface area contributed by atoms with Gasteiger partial charge < -0.3 is 4.74 Å². The molecule has 2 aromatic carbocycles. The quantitative estimate of drug-likeness (QED) is 0.405. The average molecular weight is 401 g/mol. The Morgan fingerprint density at radius 3 is 1.81 bits per heavy atom. The summed E-state index contributed by atoms with van der Waals surface area (Å²) in [5, 5.41) is 0.309. The molecule has 0 amide bonds. The summed E-state index contributed by atoms with van der Waals surface area (Å²) in [6.07, 6.45) is -10.1. The standard InChI is InChI=1S/C17H13F6O2P.Li/c1-2-25-10-6-8-11(9-7-10)26-15(24)14-12(16(18,19)20)4-3-5-13(14)17(21,22)23;/h3-9,26H,2H2,1H3;. The van der Waals surface area contributed by atoms with Gasteiger partial charge in [-0.2, -0.15) is 26.3 Å².